The van der Waals surface area contributed by atoms with Crippen LogP contribution in [-0.2, 0) is 7.05 Å². The molecule has 0 bridgehead atoms. The van der Waals surface area contributed by atoms with Crippen molar-refractivity contribution in [3.05, 3.63) is 42.1 Å². The molecule has 1 aromatic heterocycles. The van der Waals surface area contributed by atoms with Gasteiger partial charge in [-0.25, -0.2) is 4.79 Å². The number of nitrogens with one attached hydrogen (secondary N) is 3. The van der Waals surface area contributed by atoms with E-state index in [4.69, 9.17) is 0 Å². The van der Waals surface area contributed by atoms with E-state index in [1.165, 1.54) is 0 Å². The summed E-state index contributed by atoms with van der Waals surface area (Å²) >= 11 is 0. The number of nitrogens with zero attached hydrogens (tertiary/aromatic N) is 2. The van der Waals surface area contributed by atoms with Gasteiger partial charge in [-0.15, -0.1) is 0 Å². The highest BCUT2D eigenvalue weighted by atomic mass is 16.2. The standard InChI is InChI=1S/C15H21N5O/c1-4-16-11(2)12-6-5-7-13(10-12)17-15(21)18-14-8-9-20(3)19-14/h5-11,16H,4H2,1-3H3,(H2,17,18,19,21). The van der Waals surface area contributed by atoms with Crippen LogP contribution in [0.2, 0.25) is 0 Å². The third-order valence-electron chi connectivity index (χ3n) is 3.11. The molecule has 2 amide bonds. The molecule has 2 rings (SSSR count). The molecule has 0 aliphatic heterocycles. The lowest BCUT2D eigenvalue weighted by Gasteiger charge is -2.14. The van der Waals surface area contributed by atoms with Crippen LogP contribution < -0.4 is 16.0 Å². The van der Waals surface area contributed by atoms with Gasteiger partial charge < -0.3 is 10.6 Å². The van der Waals surface area contributed by atoms with Gasteiger partial charge in [0, 0.05) is 31.0 Å². The maximum absolute atomic E-state index is 11.9. The van der Waals surface area contributed by atoms with E-state index in [-0.39, 0.29) is 12.1 Å². The number of carbonyl (C=O) groups is 1. The van der Waals surface area contributed by atoms with E-state index in [0.29, 0.717) is 5.82 Å². The van der Waals surface area contributed by atoms with Crippen molar-refractivity contribution in [2.75, 3.05) is 17.2 Å². The minimum atomic E-state index is -0.304. The number of anilines is 2. The van der Waals surface area contributed by atoms with Crippen molar-refractivity contribution in [1.29, 1.82) is 0 Å². The fourth-order valence-electron chi connectivity index (χ4n) is 2.07. The molecule has 1 heterocycles. The second-order valence-corrected chi connectivity index (χ2v) is 4.86. The third-order valence-corrected chi connectivity index (χ3v) is 3.11. The van der Waals surface area contributed by atoms with Crippen LogP contribution in [0.1, 0.15) is 25.5 Å². The second-order valence-electron chi connectivity index (χ2n) is 4.86. The number of hydrogen-bond donors (Lipinski definition) is 3. The first-order valence-corrected chi connectivity index (χ1v) is 6.99. The molecular formula is C15H21N5O. The van der Waals surface area contributed by atoms with Gasteiger partial charge in [0.15, 0.2) is 5.82 Å². The number of urea groups is 1. The Morgan fingerprint density at radius 3 is 2.81 bits per heavy atom. The molecule has 0 aliphatic carbocycles. The van der Waals surface area contributed by atoms with E-state index in [9.17, 15) is 4.79 Å². The van der Waals surface area contributed by atoms with Crippen molar-refractivity contribution in [1.82, 2.24) is 15.1 Å². The molecule has 0 spiro atoms. The van der Waals surface area contributed by atoms with Gasteiger partial charge in [0.25, 0.3) is 0 Å². The summed E-state index contributed by atoms with van der Waals surface area (Å²) in [5.74, 6) is 0.521. The Morgan fingerprint density at radius 1 is 1.33 bits per heavy atom. The van der Waals surface area contributed by atoms with Crippen molar-refractivity contribution < 1.29 is 4.79 Å². The SMILES string of the molecule is CCNC(C)c1cccc(NC(=O)Nc2ccn(C)n2)c1. The molecule has 1 unspecified atom stereocenters. The van der Waals surface area contributed by atoms with E-state index in [1.54, 1.807) is 24.0 Å². The normalized spacial score (nSPS) is 12.0. The third kappa shape index (κ3) is 4.32. The Kier molecular flexibility index (Phi) is 4.94. The Balaban J connectivity index is 1.99. The molecule has 2 aromatic rings. The topological polar surface area (TPSA) is 71.0 Å². The fourth-order valence-corrected chi connectivity index (χ4v) is 2.07. The van der Waals surface area contributed by atoms with Crippen LogP contribution >= 0.6 is 0 Å². The average Bonchev–Trinajstić information content (AvgIpc) is 2.84. The minimum Gasteiger partial charge on any atom is -0.310 e. The van der Waals surface area contributed by atoms with E-state index < -0.39 is 0 Å². The molecule has 0 fully saturated rings. The number of aromatic nitrogens is 2. The number of rotatable bonds is 5. The van der Waals surface area contributed by atoms with Gasteiger partial charge in [-0.2, -0.15) is 5.10 Å². The molecule has 0 aliphatic rings. The molecule has 6 heteroatoms. The van der Waals surface area contributed by atoms with E-state index in [0.717, 1.165) is 17.8 Å². The Bertz CT molecular complexity index is 608. The molecule has 21 heavy (non-hydrogen) atoms. The van der Waals surface area contributed by atoms with Crippen LogP contribution in [0.15, 0.2) is 36.5 Å². The van der Waals surface area contributed by atoms with Gasteiger partial charge in [0.1, 0.15) is 0 Å². The summed E-state index contributed by atoms with van der Waals surface area (Å²) in [6, 6.07) is 9.47. The lowest BCUT2D eigenvalue weighted by atomic mass is 10.1. The molecular weight excluding hydrogens is 266 g/mol. The quantitative estimate of drug-likeness (QED) is 0.792. The summed E-state index contributed by atoms with van der Waals surface area (Å²) in [4.78, 5) is 11.9. The number of aryl methyl sites for hydroxylation is 1. The van der Waals surface area contributed by atoms with Crippen molar-refractivity contribution in [3.8, 4) is 0 Å². The number of carbonyl (C=O) groups excluding carboxylic acids is 1. The molecule has 112 valence electrons. The van der Waals surface area contributed by atoms with E-state index in [2.05, 4.69) is 34.9 Å². The number of amides is 2. The molecule has 1 atom stereocenters. The lowest BCUT2D eigenvalue weighted by Crippen LogP contribution is -2.21. The van der Waals surface area contributed by atoms with Gasteiger partial charge in [0.05, 0.1) is 0 Å². The zero-order valence-corrected chi connectivity index (χ0v) is 12.6. The summed E-state index contributed by atoms with van der Waals surface area (Å²) in [5, 5.41) is 12.9. The van der Waals surface area contributed by atoms with Crippen LogP contribution in [0.4, 0.5) is 16.3 Å². The summed E-state index contributed by atoms with van der Waals surface area (Å²) < 4.78 is 1.63. The van der Waals surface area contributed by atoms with E-state index >= 15 is 0 Å². The maximum Gasteiger partial charge on any atom is 0.324 e. The van der Waals surface area contributed by atoms with Crippen molar-refractivity contribution in [3.63, 3.8) is 0 Å². The first-order chi connectivity index (χ1) is 10.1. The zero-order valence-electron chi connectivity index (χ0n) is 12.6. The molecule has 3 N–H and O–H groups in total. The Labute approximate surface area is 124 Å². The molecule has 0 saturated heterocycles. The summed E-state index contributed by atoms with van der Waals surface area (Å²) in [6.07, 6.45) is 1.77. The number of benzene rings is 1. The molecule has 1 aromatic carbocycles. The van der Waals surface area contributed by atoms with Crippen LogP contribution in [0, 0.1) is 0 Å². The van der Waals surface area contributed by atoms with Crippen LogP contribution in [-0.4, -0.2) is 22.4 Å². The van der Waals surface area contributed by atoms with Gasteiger partial charge in [-0.1, -0.05) is 19.1 Å². The minimum absolute atomic E-state index is 0.246. The van der Waals surface area contributed by atoms with Crippen LogP contribution in [0.25, 0.3) is 0 Å². The fraction of sp³-hybridized carbons (Fsp3) is 0.333. The van der Waals surface area contributed by atoms with Crippen molar-refractivity contribution in [2.24, 2.45) is 7.05 Å². The van der Waals surface area contributed by atoms with Crippen LogP contribution in [0.3, 0.4) is 0 Å². The van der Waals surface area contributed by atoms with Crippen LogP contribution in [0.5, 0.6) is 0 Å². The summed E-state index contributed by atoms with van der Waals surface area (Å²) in [5.41, 5.74) is 1.89. The zero-order chi connectivity index (χ0) is 15.2. The molecule has 0 saturated carbocycles. The summed E-state index contributed by atoms with van der Waals surface area (Å²) in [7, 11) is 1.80. The highest BCUT2D eigenvalue weighted by molar-refractivity contribution is 5.99. The highest BCUT2D eigenvalue weighted by Crippen LogP contribution is 2.17. The van der Waals surface area contributed by atoms with Gasteiger partial charge in [0.2, 0.25) is 0 Å². The predicted octanol–water partition coefficient (Wildman–Crippen LogP) is 2.73. The lowest BCUT2D eigenvalue weighted by molar-refractivity contribution is 0.262. The first-order valence-electron chi connectivity index (χ1n) is 6.99. The number of hydrogen-bond acceptors (Lipinski definition) is 3. The molecule has 0 radical (unpaired) electrons. The first kappa shape index (κ1) is 15.1. The summed E-state index contributed by atoms with van der Waals surface area (Å²) in [6.45, 7) is 5.06. The van der Waals surface area contributed by atoms with Gasteiger partial charge in [-0.3, -0.25) is 10.00 Å². The van der Waals surface area contributed by atoms with Gasteiger partial charge in [-0.05, 0) is 31.2 Å². The Morgan fingerprint density at radius 2 is 2.14 bits per heavy atom. The van der Waals surface area contributed by atoms with Gasteiger partial charge >= 0.3 is 6.03 Å². The van der Waals surface area contributed by atoms with Crippen molar-refractivity contribution in [2.45, 2.75) is 19.9 Å². The second kappa shape index (κ2) is 6.90. The molecule has 6 nitrogen and oxygen atoms in total. The Hall–Kier alpha value is -2.34. The maximum atomic E-state index is 11.9. The average molecular weight is 287 g/mol. The smallest absolute Gasteiger partial charge is 0.310 e. The van der Waals surface area contributed by atoms with E-state index in [1.807, 2.05) is 24.3 Å². The van der Waals surface area contributed by atoms with Crippen molar-refractivity contribution >= 4 is 17.5 Å². The monoisotopic (exact) mass is 287 g/mol. The predicted molar refractivity (Wildman–Crippen MR) is 84.4 cm³/mol. The highest BCUT2D eigenvalue weighted by Gasteiger charge is 2.07. The largest absolute Gasteiger partial charge is 0.324 e.